The van der Waals surface area contributed by atoms with Crippen LogP contribution in [0.15, 0.2) is 29.3 Å². The van der Waals surface area contributed by atoms with E-state index in [0.717, 1.165) is 17.1 Å². The number of amidine groups is 1. The van der Waals surface area contributed by atoms with E-state index in [1.165, 1.54) is 0 Å². The number of benzene rings is 1. The maximum atomic E-state index is 11.1. The number of nitrogens with zero attached hydrogens (tertiary/aromatic N) is 1. The van der Waals surface area contributed by atoms with Crippen LogP contribution in [0.3, 0.4) is 0 Å². The van der Waals surface area contributed by atoms with Gasteiger partial charge in [-0.15, -0.1) is 0 Å². The summed E-state index contributed by atoms with van der Waals surface area (Å²) in [4.78, 5) is 15.2. The first kappa shape index (κ1) is 8.47. The highest BCUT2D eigenvalue weighted by Crippen LogP contribution is 2.34. The molecule has 0 saturated carbocycles. The Morgan fingerprint density at radius 2 is 2.27 bits per heavy atom. The van der Waals surface area contributed by atoms with Gasteiger partial charge in [-0.05, 0) is 6.07 Å². The van der Waals surface area contributed by atoms with Gasteiger partial charge in [0.05, 0.1) is 5.92 Å². The predicted octanol–water partition coefficient (Wildman–Crippen LogP) is 0.691. The van der Waals surface area contributed by atoms with Gasteiger partial charge in [0, 0.05) is 5.56 Å². The lowest BCUT2D eigenvalue weighted by Crippen LogP contribution is -2.30. The summed E-state index contributed by atoms with van der Waals surface area (Å²) in [6.45, 7) is 0.812. The third kappa shape index (κ3) is 1.29. The number of hydrogen-bond donors (Lipinski definition) is 1. The number of amides is 1. The fourth-order valence-electron chi connectivity index (χ4n) is 1.97. The fourth-order valence-corrected chi connectivity index (χ4v) is 1.97. The molecule has 1 aromatic rings. The van der Waals surface area contributed by atoms with Crippen molar-refractivity contribution in [3.63, 3.8) is 0 Å². The molecule has 0 fully saturated rings. The zero-order chi connectivity index (χ0) is 10.3. The zero-order valence-electron chi connectivity index (χ0n) is 8.06. The van der Waals surface area contributed by atoms with Crippen molar-refractivity contribution in [1.29, 1.82) is 0 Å². The van der Waals surface area contributed by atoms with E-state index >= 15 is 0 Å². The van der Waals surface area contributed by atoms with E-state index in [4.69, 9.17) is 4.74 Å². The van der Waals surface area contributed by atoms with Crippen molar-refractivity contribution in [3.8, 4) is 5.75 Å². The molecule has 76 valence electrons. The van der Waals surface area contributed by atoms with E-state index in [1.807, 2.05) is 24.3 Å². The Bertz CT molecular complexity index is 454. The van der Waals surface area contributed by atoms with E-state index < -0.39 is 0 Å². The Morgan fingerprint density at radius 1 is 1.40 bits per heavy atom. The normalized spacial score (nSPS) is 23.1. The molecule has 0 aliphatic carbocycles. The van der Waals surface area contributed by atoms with Gasteiger partial charge in [0.15, 0.2) is 0 Å². The topological polar surface area (TPSA) is 50.7 Å². The van der Waals surface area contributed by atoms with Gasteiger partial charge < -0.3 is 10.1 Å². The first-order valence-corrected chi connectivity index (χ1v) is 4.90. The molecule has 3 rings (SSSR count). The third-order valence-electron chi connectivity index (χ3n) is 2.69. The Labute approximate surface area is 87.0 Å². The van der Waals surface area contributed by atoms with Crippen molar-refractivity contribution in [3.05, 3.63) is 29.8 Å². The van der Waals surface area contributed by atoms with Gasteiger partial charge in [0.2, 0.25) is 5.91 Å². The molecule has 1 N–H and O–H groups in total. The van der Waals surface area contributed by atoms with Crippen LogP contribution in [0.4, 0.5) is 0 Å². The molecule has 0 bridgehead atoms. The minimum Gasteiger partial charge on any atom is -0.492 e. The molecule has 2 aliphatic rings. The fraction of sp³-hybridized carbons (Fsp3) is 0.273. The van der Waals surface area contributed by atoms with E-state index in [2.05, 4.69) is 10.3 Å². The number of ether oxygens (including phenoxy) is 1. The Kier molecular flexibility index (Phi) is 1.74. The maximum Gasteiger partial charge on any atom is 0.247 e. The average Bonchev–Trinajstić information content (AvgIpc) is 2.83. The minimum atomic E-state index is -0.0330. The van der Waals surface area contributed by atoms with Gasteiger partial charge in [-0.25, -0.2) is 0 Å². The van der Waals surface area contributed by atoms with E-state index in [1.54, 1.807) is 0 Å². The summed E-state index contributed by atoms with van der Waals surface area (Å²) >= 11 is 0. The number of carbonyl (C=O) groups excluding carboxylic acids is 1. The van der Waals surface area contributed by atoms with Gasteiger partial charge in [0.25, 0.3) is 0 Å². The van der Waals surface area contributed by atoms with Crippen molar-refractivity contribution in [2.24, 2.45) is 4.99 Å². The summed E-state index contributed by atoms with van der Waals surface area (Å²) in [5, 5.41) is 2.77. The molecule has 4 nitrogen and oxygen atoms in total. The predicted molar refractivity (Wildman–Crippen MR) is 55.1 cm³/mol. The number of hydrogen-bond acceptors (Lipinski definition) is 3. The maximum absolute atomic E-state index is 11.1. The highest BCUT2D eigenvalue weighted by molar-refractivity contribution is 6.07. The molecule has 0 aromatic heterocycles. The van der Waals surface area contributed by atoms with Crippen LogP contribution in [-0.2, 0) is 4.79 Å². The minimum absolute atomic E-state index is 0.0330. The van der Waals surface area contributed by atoms with E-state index in [-0.39, 0.29) is 18.4 Å². The number of carbonyl (C=O) groups is 1. The van der Waals surface area contributed by atoms with E-state index in [9.17, 15) is 4.79 Å². The van der Waals surface area contributed by atoms with Gasteiger partial charge in [-0.3, -0.25) is 9.79 Å². The Morgan fingerprint density at radius 3 is 3.07 bits per heavy atom. The van der Waals surface area contributed by atoms with Crippen LogP contribution in [0.25, 0.3) is 0 Å². The van der Waals surface area contributed by atoms with Crippen LogP contribution in [0.1, 0.15) is 11.5 Å². The standard InChI is InChI=1S/C11H10N2O2/c14-10-5-12-11(13-10)8-6-15-9-4-2-1-3-7(8)9/h1-4,8H,5-6H2,(H,12,13,14). The van der Waals surface area contributed by atoms with Gasteiger partial charge in [-0.1, -0.05) is 18.2 Å². The molecule has 1 aromatic carbocycles. The lowest BCUT2D eigenvalue weighted by Gasteiger charge is -2.07. The SMILES string of the molecule is O=C1CN=C(C2COc3ccccc32)N1. The van der Waals surface area contributed by atoms with Crippen molar-refractivity contribution in [2.45, 2.75) is 5.92 Å². The largest absolute Gasteiger partial charge is 0.492 e. The summed E-state index contributed by atoms with van der Waals surface area (Å²) < 4.78 is 5.53. The van der Waals surface area contributed by atoms with Crippen LogP contribution in [0.2, 0.25) is 0 Å². The van der Waals surface area contributed by atoms with Crippen molar-refractivity contribution in [2.75, 3.05) is 13.2 Å². The smallest absolute Gasteiger partial charge is 0.247 e. The van der Waals surface area contributed by atoms with Crippen LogP contribution < -0.4 is 10.1 Å². The lowest BCUT2D eigenvalue weighted by molar-refractivity contribution is -0.117. The summed E-state index contributed by atoms with van der Waals surface area (Å²) in [6.07, 6.45) is 0. The van der Waals surface area contributed by atoms with Crippen molar-refractivity contribution < 1.29 is 9.53 Å². The van der Waals surface area contributed by atoms with Crippen LogP contribution in [0, 0.1) is 0 Å². The number of nitrogens with one attached hydrogen (secondary N) is 1. The summed E-state index contributed by atoms with van der Waals surface area (Å²) in [7, 11) is 0. The number of fused-ring (bicyclic) bond motifs is 1. The van der Waals surface area contributed by atoms with Gasteiger partial charge in [-0.2, -0.15) is 0 Å². The second-order valence-electron chi connectivity index (χ2n) is 3.65. The molecule has 1 unspecified atom stereocenters. The Balaban J connectivity index is 1.94. The first-order valence-electron chi connectivity index (χ1n) is 4.90. The van der Waals surface area contributed by atoms with Crippen molar-refractivity contribution in [1.82, 2.24) is 5.32 Å². The number of para-hydroxylation sites is 1. The molecule has 0 saturated heterocycles. The summed E-state index contributed by atoms with van der Waals surface area (Å²) in [5.74, 6) is 1.69. The molecule has 0 spiro atoms. The molecule has 2 aliphatic heterocycles. The molecule has 0 radical (unpaired) electrons. The lowest BCUT2D eigenvalue weighted by atomic mass is 10.0. The Hall–Kier alpha value is -1.84. The van der Waals surface area contributed by atoms with Gasteiger partial charge in [0.1, 0.15) is 24.7 Å². The monoisotopic (exact) mass is 202 g/mol. The molecule has 15 heavy (non-hydrogen) atoms. The summed E-state index contributed by atoms with van der Waals surface area (Å²) in [5.41, 5.74) is 1.11. The van der Waals surface area contributed by atoms with Crippen LogP contribution >= 0.6 is 0 Å². The van der Waals surface area contributed by atoms with Crippen LogP contribution in [0.5, 0.6) is 5.75 Å². The molecule has 2 heterocycles. The first-order chi connectivity index (χ1) is 7.34. The highest BCUT2D eigenvalue weighted by Gasteiger charge is 2.31. The average molecular weight is 202 g/mol. The summed E-state index contributed by atoms with van der Waals surface area (Å²) in [6, 6.07) is 7.86. The zero-order valence-corrected chi connectivity index (χ0v) is 8.06. The highest BCUT2D eigenvalue weighted by atomic mass is 16.5. The molecular formula is C11H10N2O2. The third-order valence-corrected chi connectivity index (χ3v) is 2.69. The van der Waals surface area contributed by atoms with Crippen LogP contribution in [-0.4, -0.2) is 24.9 Å². The van der Waals surface area contributed by atoms with Gasteiger partial charge >= 0.3 is 0 Å². The molecule has 4 heteroatoms. The van der Waals surface area contributed by atoms with Crippen molar-refractivity contribution >= 4 is 11.7 Å². The number of aliphatic imine (C=N–C) groups is 1. The number of rotatable bonds is 1. The molecule has 1 amide bonds. The molecule has 1 atom stereocenters. The quantitative estimate of drug-likeness (QED) is 0.728. The second kappa shape index (κ2) is 3.08. The van der Waals surface area contributed by atoms with E-state index in [0.29, 0.717) is 6.61 Å². The second-order valence-corrected chi connectivity index (χ2v) is 3.65. The molecular weight excluding hydrogens is 192 g/mol.